The molecule has 0 saturated carbocycles. The number of halogens is 4. The summed E-state index contributed by atoms with van der Waals surface area (Å²) < 4.78 is 54.3. The molecule has 1 atom stereocenters. The molecule has 4 nitrogen and oxygen atoms in total. The molecule has 0 amide bonds. The number of fused-ring (bicyclic) bond motifs is 1. The molecule has 2 aromatic rings. The molecule has 22 heavy (non-hydrogen) atoms. The predicted molar refractivity (Wildman–Crippen MR) is 84.2 cm³/mol. The fraction of sp³-hybridized carbons (Fsp3) is 0.417. The molecular formula is C12H14ClF3N2O2S2. The van der Waals surface area contributed by atoms with Crippen LogP contribution in [0.5, 0.6) is 5.75 Å². The van der Waals surface area contributed by atoms with E-state index in [1.54, 1.807) is 19.4 Å². The summed E-state index contributed by atoms with van der Waals surface area (Å²) in [6, 6.07) is 4.16. The van der Waals surface area contributed by atoms with Crippen molar-refractivity contribution in [1.29, 1.82) is 0 Å². The van der Waals surface area contributed by atoms with Crippen LogP contribution >= 0.6 is 23.7 Å². The van der Waals surface area contributed by atoms with Crippen molar-refractivity contribution in [2.75, 3.05) is 19.1 Å². The van der Waals surface area contributed by atoms with E-state index in [0.717, 1.165) is 5.52 Å². The van der Waals surface area contributed by atoms with Gasteiger partial charge in [0.2, 0.25) is 0 Å². The fourth-order valence-corrected chi connectivity index (χ4v) is 3.34. The average molecular weight is 375 g/mol. The van der Waals surface area contributed by atoms with E-state index in [2.05, 4.69) is 9.73 Å². The fourth-order valence-electron chi connectivity index (χ4n) is 1.86. The van der Waals surface area contributed by atoms with Crippen LogP contribution in [0.1, 0.15) is 0 Å². The standard InChI is InChI=1S/C12H13F3N2O2S2.ClH/c1-16-11-17(5-6-21(2)18)9-4-3-8(7-10(9)20-11)19-12(13,14)15;/h3-4,7H,5-6H2,1-2H3;1H. The molecule has 0 fully saturated rings. The van der Waals surface area contributed by atoms with Gasteiger partial charge in [0.15, 0.2) is 4.80 Å². The third-order valence-corrected chi connectivity index (χ3v) is 4.57. The molecule has 2 rings (SSSR count). The summed E-state index contributed by atoms with van der Waals surface area (Å²) in [5.41, 5.74) is 0.751. The van der Waals surface area contributed by atoms with Crippen LogP contribution in [0, 0.1) is 0 Å². The Kier molecular flexibility index (Phi) is 6.45. The number of aromatic nitrogens is 1. The van der Waals surface area contributed by atoms with Crippen molar-refractivity contribution < 1.29 is 22.1 Å². The van der Waals surface area contributed by atoms with Gasteiger partial charge in [0.1, 0.15) is 5.75 Å². The first-order valence-electron chi connectivity index (χ1n) is 5.92. The second-order valence-corrected chi connectivity index (χ2v) is 6.78. The molecule has 0 radical (unpaired) electrons. The van der Waals surface area contributed by atoms with E-state index in [1.165, 1.54) is 23.5 Å². The van der Waals surface area contributed by atoms with Gasteiger partial charge >= 0.3 is 6.36 Å². The minimum atomic E-state index is -4.71. The van der Waals surface area contributed by atoms with Gasteiger partial charge in [-0.1, -0.05) is 11.3 Å². The van der Waals surface area contributed by atoms with Gasteiger partial charge in [-0.3, -0.25) is 9.20 Å². The second kappa shape index (κ2) is 7.47. The zero-order chi connectivity index (χ0) is 15.6. The lowest BCUT2D eigenvalue weighted by molar-refractivity contribution is -0.274. The van der Waals surface area contributed by atoms with E-state index < -0.39 is 17.2 Å². The minimum absolute atomic E-state index is 0. The molecule has 0 spiro atoms. The Morgan fingerprint density at radius 2 is 2.09 bits per heavy atom. The van der Waals surface area contributed by atoms with Gasteiger partial charge in [-0.15, -0.1) is 25.6 Å². The first-order chi connectivity index (χ1) is 9.80. The zero-order valence-corrected chi connectivity index (χ0v) is 14.2. The Morgan fingerprint density at radius 3 is 2.64 bits per heavy atom. The molecule has 0 aliphatic heterocycles. The first kappa shape index (κ1) is 19.0. The summed E-state index contributed by atoms with van der Waals surface area (Å²) in [5.74, 6) is 0.199. The van der Waals surface area contributed by atoms with Crippen LogP contribution in [-0.4, -0.2) is 34.2 Å². The van der Waals surface area contributed by atoms with E-state index in [4.69, 9.17) is 0 Å². The van der Waals surface area contributed by atoms with Gasteiger partial charge < -0.3 is 9.30 Å². The van der Waals surface area contributed by atoms with Crippen LogP contribution < -0.4 is 9.54 Å². The van der Waals surface area contributed by atoms with Crippen molar-refractivity contribution >= 4 is 44.8 Å². The number of alkyl halides is 3. The van der Waals surface area contributed by atoms with Crippen molar-refractivity contribution in [2.45, 2.75) is 12.9 Å². The second-order valence-electron chi connectivity index (χ2n) is 4.21. The normalized spacial score (nSPS) is 14.0. The van der Waals surface area contributed by atoms with Gasteiger partial charge in [0.05, 0.1) is 10.2 Å². The van der Waals surface area contributed by atoms with E-state index >= 15 is 0 Å². The van der Waals surface area contributed by atoms with Crippen molar-refractivity contribution in [3.05, 3.63) is 23.0 Å². The van der Waals surface area contributed by atoms with Crippen molar-refractivity contribution in [3.8, 4) is 5.75 Å². The predicted octanol–water partition coefficient (Wildman–Crippen LogP) is 2.93. The molecule has 0 aliphatic rings. The zero-order valence-electron chi connectivity index (χ0n) is 11.7. The Balaban J connectivity index is 0.00000242. The van der Waals surface area contributed by atoms with Crippen LogP contribution in [-0.2, 0) is 17.3 Å². The number of ether oxygens (including phenoxy) is 1. The van der Waals surface area contributed by atoms with Crippen LogP contribution in [0.15, 0.2) is 23.2 Å². The molecule has 1 aromatic heterocycles. The largest absolute Gasteiger partial charge is 0.573 e. The van der Waals surface area contributed by atoms with Crippen LogP contribution in [0.25, 0.3) is 10.2 Å². The van der Waals surface area contributed by atoms with Crippen LogP contribution in [0.3, 0.4) is 0 Å². The number of benzene rings is 1. The topological polar surface area (TPSA) is 43.6 Å². The average Bonchev–Trinajstić information content (AvgIpc) is 2.71. The number of thiazole rings is 1. The highest BCUT2D eigenvalue weighted by Crippen LogP contribution is 2.27. The molecule has 1 aromatic carbocycles. The molecule has 0 aliphatic carbocycles. The van der Waals surface area contributed by atoms with E-state index in [-0.39, 0.29) is 18.2 Å². The Morgan fingerprint density at radius 1 is 1.41 bits per heavy atom. The van der Waals surface area contributed by atoms with Crippen molar-refractivity contribution in [2.24, 2.45) is 4.99 Å². The van der Waals surface area contributed by atoms with Gasteiger partial charge in [0.25, 0.3) is 0 Å². The Labute approximate surface area is 137 Å². The highest BCUT2D eigenvalue weighted by molar-refractivity contribution is 7.84. The minimum Gasteiger partial charge on any atom is -0.406 e. The molecule has 0 saturated heterocycles. The highest BCUT2D eigenvalue weighted by atomic mass is 35.5. The quantitative estimate of drug-likeness (QED) is 0.825. The molecule has 124 valence electrons. The maximum Gasteiger partial charge on any atom is 0.573 e. The van der Waals surface area contributed by atoms with E-state index in [1.807, 2.05) is 4.57 Å². The van der Waals surface area contributed by atoms with E-state index in [0.29, 0.717) is 21.8 Å². The maximum atomic E-state index is 12.2. The molecule has 10 heteroatoms. The van der Waals surface area contributed by atoms with Crippen molar-refractivity contribution in [1.82, 2.24) is 4.57 Å². The maximum absolute atomic E-state index is 12.2. The molecule has 1 unspecified atom stereocenters. The van der Waals surface area contributed by atoms with Gasteiger partial charge in [-0.2, -0.15) is 0 Å². The number of hydrogen-bond acceptors (Lipinski definition) is 4. The van der Waals surface area contributed by atoms with E-state index in [9.17, 15) is 17.4 Å². The van der Waals surface area contributed by atoms with Crippen molar-refractivity contribution in [3.63, 3.8) is 0 Å². The van der Waals surface area contributed by atoms with Crippen LogP contribution in [0.2, 0.25) is 0 Å². The van der Waals surface area contributed by atoms with Gasteiger partial charge in [-0.25, -0.2) is 0 Å². The molecular weight excluding hydrogens is 361 g/mol. The van der Waals surface area contributed by atoms with Crippen LogP contribution in [0.4, 0.5) is 13.2 Å². The monoisotopic (exact) mass is 374 g/mol. The molecule has 0 N–H and O–H groups in total. The SMILES string of the molecule is CN=c1sc2cc(OC(F)(F)F)ccc2n1CCS(C)=O.Cl. The molecule has 0 bridgehead atoms. The lowest BCUT2D eigenvalue weighted by atomic mass is 10.3. The Hall–Kier alpha value is -1.06. The first-order valence-corrected chi connectivity index (χ1v) is 8.46. The van der Waals surface area contributed by atoms with Gasteiger partial charge in [-0.05, 0) is 18.2 Å². The lowest BCUT2D eigenvalue weighted by Gasteiger charge is -2.09. The summed E-state index contributed by atoms with van der Waals surface area (Å²) in [6.07, 6.45) is -3.11. The summed E-state index contributed by atoms with van der Waals surface area (Å²) >= 11 is 1.27. The summed E-state index contributed by atoms with van der Waals surface area (Å²) in [4.78, 5) is 4.78. The summed E-state index contributed by atoms with van der Waals surface area (Å²) in [6.45, 7) is 0.495. The number of hydrogen-bond donors (Lipinski definition) is 0. The molecule has 1 heterocycles. The number of aryl methyl sites for hydroxylation is 1. The summed E-state index contributed by atoms with van der Waals surface area (Å²) in [5, 5.41) is 0. The smallest absolute Gasteiger partial charge is 0.406 e. The highest BCUT2D eigenvalue weighted by Gasteiger charge is 2.31. The number of rotatable bonds is 4. The third kappa shape index (κ3) is 4.72. The Bertz CT molecular complexity index is 740. The third-order valence-electron chi connectivity index (χ3n) is 2.68. The summed E-state index contributed by atoms with van der Waals surface area (Å²) in [7, 11) is 0.656. The lowest BCUT2D eigenvalue weighted by Crippen LogP contribution is -2.18. The number of nitrogens with zero attached hydrogens (tertiary/aromatic N) is 2. The van der Waals surface area contributed by atoms with Gasteiger partial charge in [0, 0.05) is 36.4 Å².